The number of carbonyl (C=O) groups is 1. The fourth-order valence-corrected chi connectivity index (χ4v) is 4.05. The predicted molar refractivity (Wildman–Crippen MR) is 119 cm³/mol. The highest BCUT2D eigenvalue weighted by Crippen LogP contribution is 2.29. The van der Waals surface area contributed by atoms with E-state index in [9.17, 15) is 4.79 Å². The molecule has 0 radical (unpaired) electrons. The average molecular weight is 442 g/mol. The number of H-pyrrole nitrogens is 1. The SMILES string of the molecule is CCOc1ccc(-c2n[nH]c(=S)n2CC(=O)Nc2nc3ccc(OC)cc3s2)cc1. The molecule has 2 N–H and O–H groups in total. The fourth-order valence-electron chi connectivity index (χ4n) is 2.94. The van der Waals surface area contributed by atoms with Crippen molar-refractivity contribution in [2.75, 3.05) is 19.0 Å². The molecule has 0 atom stereocenters. The minimum absolute atomic E-state index is 0.0110. The predicted octanol–water partition coefficient (Wildman–Crippen LogP) is 4.26. The lowest BCUT2D eigenvalue weighted by atomic mass is 10.2. The molecule has 0 fully saturated rings. The van der Waals surface area contributed by atoms with Crippen molar-refractivity contribution in [3.8, 4) is 22.9 Å². The number of aromatic nitrogens is 4. The lowest BCUT2D eigenvalue weighted by Crippen LogP contribution is -2.19. The summed E-state index contributed by atoms with van der Waals surface area (Å²) in [6, 6.07) is 13.1. The van der Waals surface area contributed by atoms with Crippen molar-refractivity contribution in [1.82, 2.24) is 19.7 Å². The number of methoxy groups -OCH3 is 1. The van der Waals surface area contributed by atoms with Crippen LogP contribution in [0.15, 0.2) is 42.5 Å². The van der Waals surface area contributed by atoms with E-state index in [1.54, 1.807) is 11.7 Å². The molecule has 0 bridgehead atoms. The monoisotopic (exact) mass is 441 g/mol. The first kappa shape index (κ1) is 20.0. The molecule has 0 aliphatic rings. The number of anilines is 1. The lowest BCUT2D eigenvalue weighted by Gasteiger charge is -2.08. The van der Waals surface area contributed by atoms with Crippen LogP contribution in [0.4, 0.5) is 5.13 Å². The van der Waals surface area contributed by atoms with Crippen molar-refractivity contribution in [2.45, 2.75) is 13.5 Å². The third-order valence-electron chi connectivity index (χ3n) is 4.33. The van der Waals surface area contributed by atoms with E-state index in [0.717, 1.165) is 27.3 Å². The molecule has 10 heteroatoms. The van der Waals surface area contributed by atoms with Crippen LogP contribution < -0.4 is 14.8 Å². The van der Waals surface area contributed by atoms with E-state index >= 15 is 0 Å². The Morgan fingerprint density at radius 3 is 2.73 bits per heavy atom. The van der Waals surface area contributed by atoms with Crippen molar-refractivity contribution < 1.29 is 14.3 Å². The Morgan fingerprint density at radius 2 is 2.00 bits per heavy atom. The van der Waals surface area contributed by atoms with Gasteiger partial charge >= 0.3 is 0 Å². The minimum Gasteiger partial charge on any atom is -0.497 e. The summed E-state index contributed by atoms with van der Waals surface area (Å²) in [5.74, 6) is 1.85. The normalized spacial score (nSPS) is 10.9. The molecule has 8 nitrogen and oxygen atoms in total. The van der Waals surface area contributed by atoms with Crippen LogP contribution >= 0.6 is 23.6 Å². The molecule has 0 spiro atoms. The molecule has 154 valence electrons. The molecule has 4 aromatic rings. The largest absolute Gasteiger partial charge is 0.497 e. The van der Waals surface area contributed by atoms with Gasteiger partial charge in [-0.15, -0.1) is 0 Å². The van der Waals surface area contributed by atoms with Crippen LogP contribution in [0.2, 0.25) is 0 Å². The van der Waals surface area contributed by atoms with Crippen molar-refractivity contribution in [2.24, 2.45) is 0 Å². The number of amides is 1. The van der Waals surface area contributed by atoms with Crippen LogP contribution in [0, 0.1) is 4.77 Å². The number of hydrogen-bond donors (Lipinski definition) is 2. The second-order valence-electron chi connectivity index (χ2n) is 6.30. The van der Waals surface area contributed by atoms with Crippen LogP contribution in [-0.2, 0) is 11.3 Å². The lowest BCUT2D eigenvalue weighted by molar-refractivity contribution is -0.116. The van der Waals surface area contributed by atoms with E-state index in [2.05, 4.69) is 20.5 Å². The molecule has 0 saturated heterocycles. The van der Waals surface area contributed by atoms with Gasteiger partial charge in [-0.25, -0.2) is 4.98 Å². The Labute approximate surface area is 181 Å². The third-order valence-corrected chi connectivity index (χ3v) is 5.57. The molecule has 0 aliphatic heterocycles. The van der Waals surface area contributed by atoms with Gasteiger partial charge in [-0.1, -0.05) is 11.3 Å². The summed E-state index contributed by atoms with van der Waals surface area (Å²) < 4.78 is 13.6. The number of benzene rings is 2. The van der Waals surface area contributed by atoms with Crippen LogP contribution in [0.1, 0.15) is 6.92 Å². The second-order valence-corrected chi connectivity index (χ2v) is 7.71. The molecule has 4 rings (SSSR count). The van der Waals surface area contributed by atoms with Gasteiger partial charge in [-0.2, -0.15) is 5.10 Å². The number of carbonyl (C=O) groups excluding carboxylic acids is 1. The first-order valence-corrected chi connectivity index (χ1v) is 10.4. The second kappa shape index (κ2) is 8.64. The van der Waals surface area contributed by atoms with Gasteiger partial charge in [0.25, 0.3) is 0 Å². The number of nitrogens with one attached hydrogen (secondary N) is 2. The van der Waals surface area contributed by atoms with Crippen LogP contribution in [0.3, 0.4) is 0 Å². The van der Waals surface area contributed by atoms with E-state index in [0.29, 0.717) is 22.3 Å². The molecule has 2 aromatic heterocycles. The van der Waals surface area contributed by atoms with Crippen LogP contribution in [-0.4, -0.2) is 39.4 Å². The zero-order valence-electron chi connectivity index (χ0n) is 16.3. The number of aromatic amines is 1. The molecule has 2 aromatic carbocycles. The first-order valence-electron chi connectivity index (χ1n) is 9.20. The van der Waals surface area contributed by atoms with Gasteiger partial charge < -0.3 is 14.8 Å². The number of nitrogens with zero attached hydrogens (tertiary/aromatic N) is 3. The number of fused-ring (bicyclic) bond motifs is 1. The van der Waals surface area contributed by atoms with Crippen LogP contribution in [0.5, 0.6) is 11.5 Å². The van der Waals surface area contributed by atoms with Gasteiger partial charge in [0.15, 0.2) is 15.7 Å². The van der Waals surface area contributed by atoms with Gasteiger partial charge in [0.05, 0.1) is 23.9 Å². The maximum atomic E-state index is 12.7. The molecule has 30 heavy (non-hydrogen) atoms. The van der Waals surface area contributed by atoms with E-state index in [1.165, 1.54) is 11.3 Å². The van der Waals surface area contributed by atoms with Crippen molar-refractivity contribution in [1.29, 1.82) is 0 Å². The summed E-state index contributed by atoms with van der Waals surface area (Å²) >= 11 is 6.70. The first-order chi connectivity index (χ1) is 14.6. The van der Waals surface area contributed by atoms with Crippen molar-refractivity contribution >= 4 is 44.8 Å². The topological polar surface area (TPSA) is 94.1 Å². The molecular formula is C20H19N5O3S2. The van der Waals surface area contributed by atoms with Gasteiger partial charge in [0.1, 0.15) is 18.0 Å². The van der Waals surface area contributed by atoms with Gasteiger partial charge in [-0.05, 0) is 61.6 Å². The van der Waals surface area contributed by atoms with Crippen LogP contribution in [0.25, 0.3) is 21.6 Å². The Morgan fingerprint density at radius 1 is 1.23 bits per heavy atom. The summed E-state index contributed by atoms with van der Waals surface area (Å²) in [5.41, 5.74) is 1.62. The van der Waals surface area contributed by atoms with Crippen molar-refractivity contribution in [3.05, 3.63) is 47.2 Å². The molecule has 0 unspecified atom stereocenters. The van der Waals surface area contributed by atoms with E-state index in [4.69, 9.17) is 21.7 Å². The summed E-state index contributed by atoms with van der Waals surface area (Å²) in [5, 5.41) is 10.4. The van der Waals surface area contributed by atoms with Gasteiger partial charge in [0, 0.05) is 5.56 Å². The van der Waals surface area contributed by atoms with E-state index < -0.39 is 0 Å². The Kier molecular flexibility index (Phi) is 5.77. The Bertz CT molecular complexity index is 1240. The maximum Gasteiger partial charge on any atom is 0.246 e. The summed E-state index contributed by atoms with van der Waals surface area (Å²) in [6.45, 7) is 2.54. The smallest absolute Gasteiger partial charge is 0.246 e. The van der Waals surface area contributed by atoms with E-state index in [1.807, 2.05) is 49.4 Å². The zero-order chi connectivity index (χ0) is 21.1. The van der Waals surface area contributed by atoms with Gasteiger partial charge in [0.2, 0.25) is 5.91 Å². The summed E-state index contributed by atoms with van der Waals surface area (Å²) in [6.07, 6.45) is 0. The highest BCUT2D eigenvalue weighted by Gasteiger charge is 2.14. The fraction of sp³-hybridized carbons (Fsp3) is 0.200. The Balaban J connectivity index is 1.52. The van der Waals surface area contributed by atoms with Gasteiger partial charge in [-0.3, -0.25) is 14.5 Å². The molecule has 2 heterocycles. The highest BCUT2D eigenvalue weighted by atomic mass is 32.1. The minimum atomic E-state index is -0.245. The number of thiazole rings is 1. The van der Waals surface area contributed by atoms with E-state index in [-0.39, 0.29) is 12.5 Å². The quantitative estimate of drug-likeness (QED) is 0.416. The highest BCUT2D eigenvalue weighted by molar-refractivity contribution is 7.71. The number of rotatable bonds is 7. The molecular weight excluding hydrogens is 422 g/mol. The third kappa shape index (κ3) is 4.19. The standard InChI is InChI=1S/C20H19N5O3S2/c1-3-28-13-6-4-12(5-7-13)18-23-24-20(29)25(18)11-17(26)22-19-21-15-9-8-14(27-2)10-16(15)30-19/h4-10H,3,11H2,1-2H3,(H,24,29)(H,21,22,26). The summed E-state index contributed by atoms with van der Waals surface area (Å²) in [4.78, 5) is 17.1. The maximum absolute atomic E-state index is 12.7. The molecule has 0 saturated carbocycles. The number of ether oxygens (including phenoxy) is 2. The molecule has 1 amide bonds. The van der Waals surface area contributed by atoms with Crippen molar-refractivity contribution in [3.63, 3.8) is 0 Å². The molecule has 0 aliphatic carbocycles. The zero-order valence-corrected chi connectivity index (χ0v) is 18.0. The average Bonchev–Trinajstić information content (AvgIpc) is 3.31. The Hall–Kier alpha value is -3.24. The number of hydrogen-bond acceptors (Lipinski definition) is 7. The summed E-state index contributed by atoms with van der Waals surface area (Å²) in [7, 11) is 1.61.